The Morgan fingerprint density at radius 3 is 2.18 bits per heavy atom. The van der Waals surface area contributed by atoms with Crippen LogP contribution in [0.3, 0.4) is 0 Å². The van der Waals surface area contributed by atoms with E-state index < -0.39 is 17.7 Å². The Bertz CT molecular complexity index is 1250. The van der Waals surface area contributed by atoms with Crippen molar-refractivity contribution in [2.24, 2.45) is 0 Å². The summed E-state index contributed by atoms with van der Waals surface area (Å²) in [4.78, 5) is 27.8. The zero-order chi connectivity index (χ0) is 23.7. The van der Waals surface area contributed by atoms with Gasteiger partial charge in [-0.15, -0.1) is 0 Å². The van der Waals surface area contributed by atoms with Gasteiger partial charge in [-0.3, -0.25) is 14.5 Å². The van der Waals surface area contributed by atoms with Gasteiger partial charge in [-0.05, 0) is 55.0 Å². The van der Waals surface area contributed by atoms with Crippen LogP contribution >= 0.6 is 11.6 Å². The minimum atomic E-state index is -0.834. The fraction of sp³-hybridized carbons (Fsp3) is 0.154. The molecule has 1 heterocycles. The number of hydrogen-bond donors (Lipinski definition) is 1. The first-order chi connectivity index (χ1) is 15.8. The molecule has 0 spiro atoms. The molecule has 7 heteroatoms. The van der Waals surface area contributed by atoms with Gasteiger partial charge in [0.1, 0.15) is 17.3 Å². The van der Waals surface area contributed by atoms with Gasteiger partial charge in [0.2, 0.25) is 0 Å². The van der Waals surface area contributed by atoms with Gasteiger partial charge in [-0.2, -0.15) is 0 Å². The van der Waals surface area contributed by atoms with Crippen molar-refractivity contribution in [3.63, 3.8) is 0 Å². The van der Waals surface area contributed by atoms with E-state index in [-0.39, 0.29) is 16.4 Å². The number of hydrogen-bond acceptors (Lipinski definition) is 5. The molecule has 1 aliphatic rings. The van der Waals surface area contributed by atoms with Crippen molar-refractivity contribution in [3.05, 3.63) is 94.0 Å². The number of rotatable bonds is 5. The Morgan fingerprint density at radius 2 is 1.61 bits per heavy atom. The first-order valence-electron chi connectivity index (χ1n) is 10.2. The zero-order valence-corrected chi connectivity index (χ0v) is 19.1. The number of anilines is 1. The molecule has 1 amide bonds. The number of aliphatic hydroxyl groups excluding tert-OH is 1. The topological polar surface area (TPSA) is 76.1 Å². The number of Topliss-reactive ketones (excluding diaryl/α,β-unsaturated/α-hetero) is 1. The largest absolute Gasteiger partial charge is 0.507 e. The van der Waals surface area contributed by atoms with Gasteiger partial charge in [0.25, 0.3) is 11.7 Å². The molecule has 0 radical (unpaired) electrons. The molecule has 1 aliphatic heterocycles. The minimum Gasteiger partial charge on any atom is -0.507 e. The monoisotopic (exact) mass is 463 g/mol. The Hall–Kier alpha value is -3.77. The van der Waals surface area contributed by atoms with Crippen LogP contribution in [0, 0.1) is 6.92 Å². The lowest BCUT2D eigenvalue weighted by molar-refractivity contribution is -0.132. The molecule has 168 valence electrons. The summed E-state index contributed by atoms with van der Waals surface area (Å²) < 4.78 is 10.4. The van der Waals surface area contributed by atoms with Gasteiger partial charge in [-0.1, -0.05) is 41.4 Å². The highest BCUT2D eigenvalue weighted by molar-refractivity contribution is 6.51. The van der Waals surface area contributed by atoms with Gasteiger partial charge < -0.3 is 14.6 Å². The van der Waals surface area contributed by atoms with E-state index in [1.807, 2.05) is 19.1 Å². The maximum atomic E-state index is 13.2. The number of aliphatic hydroxyl groups is 1. The highest BCUT2D eigenvalue weighted by Gasteiger charge is 2.47. The first kappa shape index (κ1) is 22.4. The van der Waals surface area contributed by atoms with Crippen LogP contribution in [0.1, 0.15) is 22.7 Å². The molecule has 1 N–H and O–H groups in total. The SMILES string of the molecule is COc1ccc(C2/C(=C(/O)c3ccc(OC)c(Cl)c3)C(=O)C(=O)N2c2ccc(C)cc2)cc1. The molecule has 33 heavy (non-hydrogen) atoms. The van der Waals surface area contributed by atoms with E-state index in [2.05, 4.69) is 0 Å². The fourth-order valence-corrected chi connectivity index (χ4v) is 4.13. The van der Waals surface area contributed by atoms with Crippen LogP contribution in [-0.2, 0) is 9.59 Å². The smallest absolute Gasteiger partial charge is 0.300 e. The molecule has 3 aromatic carbocycles. The summed E-state index contributed by atoms with van der Waals surface area (Å²) in [5.74, 6) is -0.747. The van der Waals surface area contributed by atoms with Crippen LogP contribution in [-0.4, -0.2) is 31.0 Å². The van der Waals surface area contributed by atoms with E-state index in [1.54, 1.807) is 55.6 Å². The standard InChI is InChI=1S/C26H22ClNO5/c1-15-4-9-18(10-5-15)28-23(16-6-11-19(32-2)12-7-16)22(25(30)26(28)31)24(29)17-8-13-21(33-3)20(27)14-17/h4-14,23,29H,1-3H3/b24-22-. The summed E-state index contributed by atoms with van der Waals surface area (Å²) in [6.07, 6.45) is 0. The van der Waals surface area contributed by atoms with Gasteiger partial charge in [0.15, 0.2) is 0 Å². The van der Waals surface area contributed by atoms with Crippen LogP contribution in [0.2, 0.25) is 5.02 Å². The molecule has 3 aromatic rings. The third kappa shape index (κ3) is 4.05. The maximum absolute atomic E-state index is 13.2. The van der Waals surface area contributed by atoms with E-state index in [4.69, 9.17) is 21.1 Å². The van der Waals surface area contributed by atoms with E-state index in [1.165, 1.54) is 18.1 Å². The Morgan fingerprint density at radius 1 is 0.939 bits per heavy atom. The average molecular weight is 464 g/mol. The number of benzene rings is 3. The maximum Gasteiger partial charge on any atom is 0.300 e. The summed E-state index contributed by atoms with van der Waals surface area (Å²) in [7, 11) is 3.04. The van der Waals surface area contributed by atoms with Gasteiger partial charge in [-0.25, -0.2) is 0 Å². The average Bonchev–Trinajstić information content (AvgIpc) is 3.09. The lowest BCUT2D eigenvalue weighted by atomic mass is 9.95. The highest BCUT2D eigenvalue weighted by Crippen LogP contribution is 2.43. The summed E-state index contributed by atoms with van der Waals surface area (Å²) in [5, 5.41) is 11.5. The number of nitrogens with zero attached hydrogens (tertiary/aromatic N) is 1. The van der Waals surface area contributed by atoms with Gasteiger partial charge in [0.05, 0.1) is 30.9 Å². The van der Waals surface area contributed by atoms with Crippen molar-refractivity contribution in [1.82, 2.24) is 0 Å². The molecule has 1 unspecified atom stereocenters. The number of amides is 1. The second-order valence-corrected chi connectivity index (χ2v) is 8.03. The van der Waals surface area contributed by atoms with Crippen LogP contribution in [0.25, 0.3) is 5.76 Å². The molecule has 6 nitrogen and oxygen atoms in total. The lowest BCUT2D eigenvalue weighted by Crippen LogP contribution is -2.29. The quantitative estimate of drug-likeness (QED) is 0.316. The van der Waals surface area contributed by atoms with Crippen molar-refractivity contribution in [1.29, 1.82) is 0 Å². The molecule has 1 fully saturated rings. The van der Waals surface area contributed by atoms with Gasteiger partial charge in [0, 0.05) is 11.3 Å². The van der Waals surface area contributed by atoms with E-state index in [0.29, 0.717) is 28.3 Å². The van der Waals surface area contributed by atoms with Crippen molar-refractivity contribution in [2.75, 3.05) is 19.1 Å². The minimum absolute atomic E-state index is 0.0213. The van der Waals surface area contributed by atoms with E-state index in [0.717, 1.165) is 5.56 Å². The molecular weight excluding hydrogens is 442 g/mol. The second kappa shape index (κ2) is 9.00. The number of halogens is 1. The number of carbonyl (C=O) groups is 2. The number of ether oxygens (including phenoxy) is 2. The summed E-state index contributed by atoms with van der Waals surface area (Å²) in [6.45, 7) is 1.94. The van der Waals surface area contributed by atoms with Gasteiger partial charge >= 0.3 is 0 Å². The Kier molecular flexibility index (Phi) is 6.11. The second-order valence-electron chi connectivity index (χ2n) is 7.63. The predicted molar refractivity (Wildman–Crippen MR) is 127 cm³/mol. The van der Waals surface area contributed by atoms with Crippen molar-refractivity contribution in [3.8, 4) is 11.5 Å². The Balaban J connectivity index is 1.92. The van der Waals surface area contributed by atoms with Crippen molar-refractivity contribution >= 4 is 34.7 Å². The Labute approximate surface area is 196 Å². The van der Waals surface area contributed by atoms with Crippen LogP contribution in [0.4, 0.5) is 5.69 Å². The molecule has 4 rings (SSSR count). The molecule has 0 aliphatic carbocycles. The fourth-order valence-electron chi connectivity index (χ4n) is 3.87. The number of methoxy groups -OCH3 is 2. The third-order valence-corrected chi connectivity index (χ3v) is 5.91. The van der Waals surface area contributed by atoms with Crippen LogP contribution in [0.15, 0.2) is 72.3 Å². The molecule has 1 saturated heterocycles. The first-order valence-corrected chi connectivity index (χ1v) is 10.6. The van der Waals surface area contributed by atoms with Crippen LogP contribution in [0.5, 0.6) is 11.5 Å². The predicted octanol–water partition coefficient (Wildman–Crippen LogP) is 5.29. The number of ketones is 1. The van der Waals surface area contributed by atoms with Crippen molar-refractivity contribution < 1.29 is 24.2 Å². The summed E-state index contributed by atoms with van der Waals surface area (Å²) >= 11 is 6.24. The van der Waals surface area contributed by atoms with E-state index >= 15 is 0 Å². The summed E-state index contributed by atoms with van der Waals surface area (Å²) in [5.41, 5.74) is 2.50. The zero-order valence-electron chi connectivity index (χ0n) is 18.3. The normalized spacial score (nSPS) is 17.3. The third-order valence-electron chi connectivity index (χ3n) is 5.61. The molecule has 0 aromatic heterocycles. The molecule has 0 saturated carbocycles. The van der Waals surface area contributed by atoms with Crippen molar-refractivity contribution in [2.45, 2.75) is 13.0 Å². The molecule has 0 bridgehead atoms. The van der Waals surface area contributed by atoms with E-state index in [9.17, 15) is 14.7 Å². The number of carbonyl (C=O) groups excluding carboxylic acids is 2. The number of aryl methyl sites for hydroxylation is 1. The molecular formula is C26H22ClNO5. The highest BCUT2D eigenvalue weighted by atomic mass is 35.5. The van der Waals surface area contributed by atoms with Crippen LogP contribution < -0.4 is 14.4 Å². The molecule has 1 atom stereocenters. The lowest BCUT2D eigenvalue weighted by Gasteiger charge is -2.25. The summed E-state index contributed by atoms with van der Waals surface area (Å²) in [6, 6.07) is 18.2.